The Bertz CT molecular complexity index is 1370. The van der Waals surface area contributed by atoms with Crippen LogP contribution in [0.1, 0.15) is 42.5 Å². The quantitative estimate of drug-likeness (QED) is 0.261. The Morgan fingerprint density at radius 2 is 2.00 bits per heavy atom. The predicted molar refractivity (Wildman–Crippen MR) is 133 cm³/mol. The number of H-pyrrole nitrogens is 1. The molecular formula is C24H23ClN4O2S. The molecule has 0 fully saturated rings. The van der Waals surface area contributed by atoms with E-state index in [2.05, 4.69) is 36.3 Å². The van der Waals surface area contributed by atoms with Gasteiger partial charge >= 0.3 is 0 Å². The summed E-state index contributed by atoms with van der Waals surface area (Å²) in [5, 5.41) is 16.2. The number of nitrogens with one attached hydrogen (secondary N) is 2. The molecule has 8 heteroatoms. The molecule has 0 unspecified atom stereocenters. The van der Waals surface area contributed by atoms with Crippen LogP contribution in [0.15, 0.2) is 58.4 Å². The number of fused-ring (bicyclic) bond motifs is 1. The van der Waals surface area contributed by atoms with Crippen molar-refractivity contribution in [3.8, 4) is 5.75 Å². The lowest BCUT2D eigenvalue weighted by molar-refractivity contribution is 0.474. The highest BCUT2D eigenvalue weighted by molar-refractivity contribution is 7.15. The van der Waals surface area contributed by atoms with Crippen molar-refractivity contribution in [3.63, 3.8) is 0 Å². The van der Waals surface area contributed by atoms with Gasteiger partial charge in [-0.3, -0.25) is 10.2 Å². The second kappa shape index (κ2) is 8.76. The number of halogens is 1. The van der Waals surface area contributed by atoms with E-state index in [4.69, 9.17) is 16.6 Å². The van der Waals surface area contributed by atoms with Crippen molar-refractivity contribution in [2.24, 2.45) is 5.10 Å². The molecule has 2 heterocycles. The molecule has 6 nitrogen and oxygen atoms in total. The molecule has 0 amide bonds. The minimum Gasteiger partial charge on any atom is -0.507 e. The van der Waals surface area contributed by atoms with Gasteiger partial charge in [0.2, 0.25) is 5.13 Å². The van der Waals surface area contributed by atoms with E-state index in [-0.39, 0.29) is 16.7 Å². The zero-order valence-electron chi connectivity index (χ0n) is 17.9. The van der Waals surface area contributed by atoms with Crippen LogP contribution < -0.4 is 11.0 Å². The number of phenols is 1. The van der Waals surface area contributed by atoms with Gasteiger partial charge in [-0.1, -0.05) is 61.9 Å². The Hall–Kier alpha value is -3.16. The van der Waals surface area contributed by atoms with E-state index in [1.807, 2.05) is 30.3 Å². The molecule has 0 atom stereocenters. The van der Waals surface area contributed by atoms with Crippen LogP contribution in [0.3, 0.4) is 0 Å². The van der Waals surface area contributed by atoms with Crippen LogP contribution in [0.4, 0.5) is 5.13 Å². The lowest BCUT2D eigenvalue weighted by Crippen LogP contribution is -2.17. The maximum absolute atomic E-state index is 12.6. The third kappa shape index (κ3) is 4.84. The van der Waals surface area contributed by atoms with Crippen molar-refractivity contribution >= 4 is 45.2 Å². The second-order valence-corrected chi connectivity index (χ2v) is 10.0. The van der Waals surface area contributed by atoms with Gasteiger partial charge in [-0.25, -0.2) is 4.98 Å². The standard InChI is InChI=1S/C24H23ClN4O2S/c1-24(2,3)21-20(12-15-10-14-6-4-5-7-18(14)27-22(15)31)32-23(28-21)29-26-13-16-11-17(25)8-9-19(16)30/h4-11,13,30H,12H2,1-3H3,(H,27,31)(H,28,29)/b26-13+. The molecule has 0 saturated heterocycles. The lowest BCUT2D eigenvalue weighted by atomic mass is 9.90. The van der Waals surface area contributed by atoms with Crippen LogP contribution in [0.5, 0.6) is 5.75 Å². The first-order valence-corrected chi connectivity index (χ1v) is 11.3. The summed E-state index contributed by atoms with van der Waals surface area (Å²) in [5.41, 5.74) is 5.57. The van der Waals surface area contributed by atoms with E-state index < -0.39 is 0 Å². The second-order valence-electron chi connectivity index (χ2n) is 8.50. The molecule has 0 aliphatic heterocycles. The summed E-state index contributed by atoms with van der Waals surface area (Å²) in [6, 6.07) is 14.4. The van der Waals surface area contributed by atoms with Gasteiger partial charge in [0.1, 0.15) is 5.75 Å². The number of hydrogen-bond donors (Lipinski definition) is 3. The zero-order chi connectivity index (χ0) is 22.9. The summed E-state index contributed by atoms with van der Waals surface area (Å²) in [5.74, 6) is 0.0886. The van der Waals surface area contributed by atoms with Crippen molar-refractivity contribution in [1.29, 1.82) is 0 Å². The van der Waals surface area contributed by atoms with Crippen LogP contribution in [-0.2, 0) is 11.8 Å². The van der Waals surface area contributed by atoms with E-state index in [1.165, 1.54) is 23.6 Å². The Kier molecular flexibility index (Phi) is 6.04. The normalized spacial score (nSPS) is 12.0. The molecule has 4 aromatic rings. The van der Waals surface area contributed by atoms with Crippen molar-refractivity contribution in [2.75, 3.05) is 5.43 Å². The van der Waals surface area contributed by atoms with Crippen molar-refractivity contribution in [1.82, 2.24) is 9.97 Å². The van der Waals surface area contributed by atoms with E-state index >= 15 is 0 Å². The maximum Gasteiger partial charge on any atom is 0.251 e. The van der Waals surface area contributed by atoms with Crippen LogP contribution >= 0.6 is 22.9 Å². The fourth-order valence-corrected chi connectivity index (χ4v) is 4.71. The smallest absolute Gasteiger partial charge is 0.251 e. The largest absolute Gasteiger partial charge is 0.507 e. The minimum absolute atomic E-state index is 0.0886. The summed E-state index contributed by atoms with van der Waals surface area (Å²) in [4.78, 5) is 21.3. The molecule has 3 N–H and O–H groups in total. The number of para-hydroxylation sites is 1. The third-order valence-corrected chi connectivity index (χ3v) is 6.14. The van der Waals surface area contributed by atoms with Gasteiger partial charge in [-0.2, -0.15) is 5.10 Å². The number of aromatic hydroxyl groups is 1. The van der Waals surface area contributed by atoms with E-state index in [0.717, 1.165) is 21.5 Å². The Morgan fingerprint density at radius 1 is 1.22 bits per heavy atom. The number of hydrogen-bond acceptors (Lipinski definition) is 6. The topological polar surface area (TPSA) is 90.4 Å². The highest BCUT2D eigenvalue weighted by Gasteiger charge is 2.24. The molecule has 4 rings (SSSR count). The van der Waals surface area contributed by atoms with E-state index in [0.29, 0.717) is 27.7 Å². The van der Waals surface area contributed by atoms with E-state index in [1.54, 1.807) is 12.1 Å². The Balaban J connectivity index is 1.63. The monoisotopic (exact) mass is 466 g/mol. The number of anilines is 1. The highest BCUT2D eigenvalue weighted by Crippen LogP contribution is 2.33. The van der Waals surface area contributed by atoms with Gasteiger partial charge in [0, 0.05) is 38.4 Å². The first kappa shape index (κ1) is 22.0. The van der Waals surface area contributed by atoms with Crippen molar-refractivity contribution in [2.45, 2.75) is 32.6 Å². The number of pyridine rings is 1. The first-order valence-electron chi connectivity index (χ1n) is 10.1. The van der Waals surface area contributed by atoms with Gasteiger partial charge in [-0.15, -0.1) is 0 Å². The number of benzene rings is 2. The molecule has 0 saturated carbocycles. The number of aromatic amines is 1. The number of nitrogens with zero attached hydrogens (tertiary/aromatic N) is 2. The zero-order valence-corrected chi connectivity index (χ0v) is 19.5. The van der Waals surface area contributed by atoms with Crippen LogP contribution in [0, 0.1) is 0 Å². The molecule has 164 valence electrons. The molecule has 0 spiro atoms. The molecule has 2 aromatic carbocycles. The van der Waals surface area contributed by atoms with Gasteiger partial charge in [0.15, 0.2) is 0 Å². The Labute approximate surface area is 194 Å². The molecule has 0 aliphatic rings. The molecule has 32 heavy (non-hydrogen) atoms. The molecule has 2 aromatic heterocycles. The number of aromatic nitrogens is 2. The summed E-state index contributed by atoms with van der Waals surface area (Å²) in [6.45, 7) is 6.27. The Morgan fingerprint density at radius 3 is 2.78 bits per heavy atom. The summed E-state index contributed by atoms with van der Waals surface area (Å²) >= 11 is 7.44. The van der Waals surface area contributed by atoms with Gasteiger partial charge in [-0.05, 0) is 35.7 Å². The van der Waals surface area contributed by atoms with Gasteiger partial charge < -0.3 is 10.1 Å². The average Bonchev–Trinajstić information content (AvgIpc) is 3.14. The third-order valence-electron chi connectivity index (χ3n) is 4.94. The molecule has 0 radical (unpaired) electrons. The van der Waals surface area contributed by atoms with Crippen molar-refractivity contribution < 1.29 is 5.11 Å². The van der Waals surface area contributed by atoms with E-state index in [9.17, 15) is 9.90 Å². The predicted octanol–water partition coefficient (Wildman–Crippen LogP) is 5.68. The van der Waals surface area contributed by atoms with Gasteiger partial charge in [0.25, 0.3) is 5.56 Å². The fourth-order valence-electron chi connectivity index (χ4n) is 3.39. The summed E-state index contributed by atoms with van der Waals surface area (Å²) in [7, 11) is 0. The van der Waals surface area contributed by atoms with Gasteiger partial charge in [0.05, 0.1) is 11.9 Å². The van der Waals surface area contributed by atoms with Crippen LogP contribution in [0.2, 0.25) is 5.02 Å². The minimum atomic E-state index is -0.204. The highest BCUT2D eigenvalue weighted by atomic mass is 35.5. The number of hydrazone groups is 1. The van der Waals surface area contributed by atoms with Crippen LogP contribution in [0.25, 0.3) is 10.9 Å². The number of rotatable bonds is 5. The lowest BCUT2D eigenvalue weighted by Gasteiger charge is -2.17. The van der Waals surface area contributed by atoms with Crippen molar-refractivity contribution in [3.05, 3.63) is 85.6 Å². The maximum atomic E-state index is 12.6. The average molecular weight is 467 g/mol. The fraction of sp³-hybridized carbons (Fsp3) is 0.208. The summed E-state index contributed by atoms with van der Waals surface area (Å²) < 4.78 is 0. The number of thiazole rings is 1. The first-order chi connectivity index (χ1) is 15.2. The summed E-state index contributed by atoms with van der Waals surface area (Å²) in [6.07, 6.45) is 1.97. The van der Waals surface area contributed by atoms with Crippen LogP contribution in [-0.4, -0.2) is 21.3 Å². The molecule has 0 aliphatic carbocycles. The molecule has 0 bridgehead atoms. The number of phenolic OH excluding ortho intramolecular Hbond substituents is 1. The molecular weight excluding hydrogens is 444 g/mol. The SMILES string of the molecule is CC(C)(C)c1nc(N/N=C/c2cc(Cl)ccc2O)sc1Cc1cc2ccccc2[nH]c1=O.